The molecule has 4 rings (SSSR count). The summed E-state index contributed by atoms with van der Waals surface area (Å²) in [6.45, 7) is 3.02. The molecule has 3 heterocycles. The van der Waals surface area contributed by atoms with E-state index in [2.05, 4.69) is 21.5 Å². The van der Waals surface area contributed by atoms with E-state index in [9.17, 15) is 4.39 Å². The second-order valence-corrected chi connectivity index (χ2v) is 6.28. The Bertz CT molecular complexity index is 735. The second kappa shape index (κ2) is 5.36. The van der Waals surface area contributed by atoms with Gasteiger partial charge in [0.15, 0.2) is 0 Å². The molecule has 0 saturated carbocycles. The van der Waals surface area contributed by atoms with Crippen LogP contribution in [0.3, 0.4) is 0 Å². The van der Waals surface area contributed by atoms with E-state index in [1.807, 2.05) is 18.5 Å². The van der Waals surface area contributed by atoms with E-state index in [0.717, 1.165) is 50.3 Å². The van der Waals surface area contributed by atoms with Crippen LogP contribution < -0.4 is 0 Å². The van der Waals surface area contributed by atoms with Gasteiger partial charge in [0.05, 0.1) is 0 Å². The molecule has 0 unspecified atom stereocenters. The fourth-order valence-electron chi connectivity index (χ4n) is 3.58. The van der Waals surface area contributed by atoms with Crippen molar-refractivity contribution in [2.24, 2.45) is 0 Å². The number of likely N-dealkylation sites (tertiary alicyclic amines) is 1. The van der Waals surface area contributed by atoms with Gasteiger partial charge in [0.1, 0.15) is 11.6 Å². The first kappa shape index (κ1) is 13.7. The third kappa shape index (κ3) is 2.28. The number of aryl methyl sites for hydroxylation is 2. The molecule has 4 heteroatoms. The van der Waals surface area contributed by atoms with E-state index in [1.54, 1.807) is 12.1 Å². The molecule has 1 aromatic carbocycles. The predicted molar refractivity (Wildman–Crippen MR) is 85.1 cm³/mol. The normalized spacial score (nSPS) is 18.8. The lowest BCUT2D eigenvalue weighted by Gasteiger charge is -2.26. The van der Waals surface area contributed by atoms with Crippen LogP contribution in [-0.4, -0.2) is 34.6 Å². The lowest BCUT2D eigenvalue weighted by Crippen LogP contribution is -2.27. The van der Waals surface area contributed by atoms with Crippen LogP contribution in [0.1, 0.15) is 29.8 Å². The summed E-state index contributed by atoms with van der Waals surface area (Å²) in [6, 6.07) is 5.21. The summed E-state index contributed by atoms with van der Waals surface area (Å²) in [7, 11) is 2.17. The van der Waals surface area contributed by atoms with Crippen molar-refractivity contribution in [3.05, 3.63) is 58.9 Å². The van der Waals surface area contributed by atoms with Gasteiger partial charge in [0.2, 0.25) is 0 Å². The number of hydrogen-bond donors (Lipinski definition) is 0. The van der Waals surface area contributed by atoms with Gasteiger partial charge >= 0.3 is 0 Å². The van der Waals surface area contributed by atoms with E-state index in [4.69, 9.17) is 0 Å². The molecule has 0 bridgehead atoms. The quantitative estimate of drug-likeness (QED) is 0.745. The maximum absolute atomic E-state index is 13.7. The molecule has 0 N–H and O–H groups in total. The van der Waals surface area contributed by atoms with E-state index in [0.29, 0.717) is 0 Å². The van der Waals surface area contributed by atoms with Crippen LogP contribution in [0.25, 0.3) is 5.57 Å². The summed E-state index contributed by atoms with van der Waals surface area (Å²) < 4.78 is 15.9. The Kier molecular flexibility index (Phi) is 3.34. The summed E-state index contributed by atoms with van der Waals surface area (Å²) in [5.74, 6) is 0.899. The number of imidazole rings is 1. The molecule has 2 aliphatic rings. The standard InChI is InChI=1S/C18H20FN3/c1-21-8-4-13(5-9-21)17-16-3-2-15(19)12-14(16)6-10-22-11-7-20-18(17)22/h2-3,7,11-12H,4-6,8-10H2,1H3. The van der Waals surface area contributed by atoms with Gasteiger partial charge in [-0.15, -0.1) is 0 Å². The highest BCUT2D eigenvalue weighted by atomic mass is 19.1. The van der Waals surface area contributed by atoms with Crippen LogP contribution in [-0.2, 0) is 13.0 Å². The predicted octanol–water partition coefficient (Wildman–Crippen LogP) is 3.11. The molecule has 1 aromatic heterocycles. The average Bonchev–Trinajstić information content (AvgIpc) is 2.92. The van der Waals surface area contributed by atoms with Crippen LogP contribution >= 0.6 is 0 Å². The zero-order chi connectivity index (χ0) is 15.1. The summed E-state index contributed by atoms with van der Waals surface area (Å²) in [4.78, 5) is 6.97. The topological polar surface area (TPSA) is 21.1 Å². The maximum atomic E-state index is 13.7. The smallest absolute Gasteiger partial charge is 0.140 e. The van der Waals surface area contributed by atoms with Gasteiger partial charge < -0.3 is 9.47 Å². The van der Waals surface area contributed by atoms with Gasteiger partial charge in [-0.25, -0.2) is 9.37 Å². The highest BCUT2D eigenvalue weighted by Gasteiger charge is 2.24. The van der Waals surface area contributed by atoms with Crippen molar-refractivity contribution in [1.82, 2.24) is 14.5 Å². The number of aromatic nitrogens is 2. The molecule has 1 saturated heterocycles. The van der Waals surface area contributed by atoms with Crippen molar-refractivity contribution < 1.29 is 4.39 Å². The van der Waals surface area contributed by atoms with E-state index in [1.165, 1.54) is 16.7 Å². The first-order valence-electron chi connectivity index (χ1n) is 7.93. The highest BCUT2D eigenvalue weighted by molar-refractivity contribution is 5.81. The van der Waals surface area contributed by atoms with Gasteiger partial charge in [-0.3, -0.25) is 0 Å². The van der Waals surface area contributed by atoms with E-state index < -0.39 is 0 Å². The van der Waals surface area contributed by atoms with Gasteiger partial charge in [-0.05, 0) is 49.6 Å². The Morgan fingerprint density at radius 3 is 2.73 bits per heavy atom. The SMILES string of the molecule is CN1CCC(=C2c3ccc(F)cc3CCn3ccnc32)CC1. The molecular formula is C18H20FN3. The molecule has 0 radical (unpaired) electrons. The van der Waals surface area contributed by atoms with Crippen LogP contribution in [0.4, 0.5) is 4.39 Å². The number of nitrogens with zero attached hydrogens (tertiary/aromatic N) is 3. The molecular weight excluding hydrogens is 277 g/mol. The summed E-state index contributed by atoms with van der Waals surface area (Å²) >= 11 is 0. The van der Waals surface area contributed by atoms with Crippen molar-refractivity contribution in [2.45, 2.75) is 25.8 Å². The molecule has 1 fully saturated rings. The van der Waals surface area contributed by atoms with Crippen LogP contribution in [0.15, 0.2) is 36.2 Å². The molecule has 0 spiro atoms. The fourth-order valence-corrected chi connectivity index (χ4v) is 3.58. The van der Waals surface area contributed by atoms with E-state index >= 15 is 0 Å². The van der Waals surface area contributed by atoms with Gasteiger partial charge in [0.25, 0.3) is 0 Å². The summed E-state index contributed by atoms with van der Waals surface area (Å²) in [5, 5.41) is 0. The number of piperidine rings is 1. The van der Waals surface area contributed by atoms with Crippen molar-refractivity contribution in [3.8, 4) is 0 Å². The van der Waals surface area contributed by atoms with Crippen molar-refractivity contribution in [2.75, 3.05) is 20.1 Å². The number of benzene rings is 1. The van der Waals surface area contributed by atoms with E-state index in [-0.39, 0.29) is 5.82 Å². The third-order valence-electron chi connectivity index (χ3n) is 4.84. The molecule has 2 aliphatic heterocycles. The molecule has 22 heavy (non-hydrogen) atoms. The molecule has 114 valence electrons. The van der Waals surface area contributed by atoms with Crippen LogP contribution in [0, 0.1) is 5.82 Å². The Hall–Kier alpha value is -1.94. The Morgan fingerprint density at radius 1 is 1.09 bits per heavy atom. The minimum atomic E-state index is -0.147. The Labute approximate surface area is 130 Å². The molecule has 0 aliphatic carbocycles. The number of rotatable bonds is 0. The zero-order valence-electron chi connectivity index (χ0n) is 12.8. The highest BCUT2D eigenvalue weighted by Crippen LogP contribution is 2.35. The second-order valence-electron chi connectivity index (χ2n) is 6.28. The van der Waals surface area contributed by atoms with Crippen molar-refractivity contribution >= 4 is 5.57 Å². The lowest BCUT2D eigenvalue weighted by atomic mass is 9.90. The third-order valence-corrected chi connectivity index (χ3v) is 4.84. The monoisotopic (exact) mass is 297 g/mol. The summed E-state index contributed by atoms with van der Waals surface area (Å²) in [6.07, 6.45) is 6.89. The number of fused-ring (bicyclic) bond motifs is 2. The average molecular weight is 297 g/mol. The largest absolute Gasteiger partial charge is 0.331 e. The van der Waals surface area contributed by atoms with Gasteiger partial charge in [-0.2, -0.15) is 0 Å². The summed E-state index contributed by atoms with van der Waals surface area (Å²) in [5.41, 5.74) is 4.98. The Morgan fingerprint density at radius 2 is 1.91 bits per heavy atom. The number of hydrogen-bond acceptors (Lipinski definition) is 2. The molecule has 3 nitrogen and oxygen atoms in total. The number of halogens is 1. The van der Waals surface area contributed by atoms with Gasteiger partial charge in [-0.1, -0.05) is 11.6 Å². The molecule has 0 amide bonds. The van der Waals surface area contributed by atoms with Crippen molar-refractivity contribution in [3.63, 3.8) is 0 Å². The fraction of sp³-hybridized carbons (Fsp3) is 0.389. The molecule has 0 atom stereocenters. The zero-order valence-corrected chi connectivity index (χ0v) is 12.8. The van der Waals surface area contributed by atoms with Crippen LogP contribution in [0.2, 0.25) is 0 Å². The Balaban J connectivity index is 1.92. The van der Waals surface area contributed by atoms with Gasteiger partial charge in [0, 0.05) is 37.6 Å². The minimum Gasteiger partial charge on any atom is -0.331 e. The molecule has 2 aromatic rings. The minimum absolute atomic E-state index is 0.147. The lowest BCUT2D eigenvalue weighted by molar-refractivity contribution is 0.313. The first-order valence-corrected chi connectivity index (χ1v) is 7.93. The van der Waals surface area contributed by atoms with Crippen LogP contribution in [0.5, 0.6) is 0 Å². The first-order chi connectivity index (χ1) is 10.7. The van der Waals surface area contributed by atoms with Crippen molar-refractivity contribution in [1.29, 1.82) is 0 Å². The maximum Gasteiger partial charge on any atom is 0.140 e.